The molecule has 0 unspecified atom stereocenters. The first-order chi connectivity index (χ1) is 9.91. The Morgan fingerprint density at radius 1 is 1.19 bits per heavy atom. The maximum atomic E-state index is 12.4. The van der Waals surface area contributed by atoms with Gasteiger partial charge in [0.2, 0.25) is 5.91 Å². The molecule has 1 heterocycles. The molecule has 0 atom stereocenters. The minimum atomic E-state index is -0.651. The number of carbonyl (C=O) groups excluding carboxylic acids is 2. The molecule has 0 radical (unpaired) electrons. The average Bonchev–Trinajstić information content (AvgIpc) is 2.46. The number of hydrogen-bond acceptors (Lipinski definition) is 4. The van der Waals surface area contributed by atoms with Crippen molar-refractivity contribution in [2.45, 2.75) is 6.92 Å². The smallest absolute Gasteiger partial charge is 0.300 e. The second-order valence-electron chi connectivity index (χ2n) is 4.69. The maximum Gasteiger partial charge on any atom is 0.300 e. The third-order valence-corrected chi connectivity index (χ3v) is 3.72. The van der Waals surface area contributed by atoms with E-state index in [4.69, 9.17) is 11.6 Å². The summed E-state index contributed by atoms with van der Waals surface area (Å²) in [6.07, 6.45) is 0. The van der Waals surface area contributed by atoms with Gasteiger partial charge in [0.1, 0.15) is 10.6 Å². The van der Waals surface area contributed by atoms with Gasteiger partial charge in [0.05, 0.1) is 4.92 Å². The van der Waals surface area contributed by atoms with E-state index in [0.717, 1.165) is 0 Å². The molecule has 0 N–H and O–H groups in total. The number of piperazine rings is 1. The third-order valence-electron chi connectivity index (χ3n) is 3.41. The van der Waals surface area contributed by atoms with E-state index < -0.39 is 10.8 Å². The molecule has 0 bridgehead atoms. The predicted molar refractivity (Wildman–Crippen MR) is 76.3 cm³/mol. The molecule has 1 aromatic carbocycles. The first kappa shape index (κ1) is 15.2. The van der Waals surface area contributed by atoms with Crippen LogP contribution in [-0.2, 0) is 4.79 Å². The summed E-state index contributed by atoms with van der Waals surface area (Å²) >= 11 is 5.81. The summed E-state index contributed by atoms with van der Waals surface area (Å²) in [5, 5.41) is 11.0. The highest BCUT2D eigenvalue weighted by Crippen LogP contribution is 2.29. The molecule has 2 amide bonds. The van der Waals surface area contributed by atoms with E-state index in [1.54, 1.807) is 4.90 Å². The Kier molecular flexibility index (Phi) is 4.42. The summed E-state index contributed by atoms with van der Waals surface area (Å²) in [7, 11) is 0. The fourth-order valence-electron chi connectivity index (χ4n) is 2.27. The van der Waals surface area contributed by atoms with Crippen molar-refractivity contribution in [1.82, 2.24) is 9.80 Å². The van der Waals surface area contributed by atoms with Crippen molar-refractivity contribution < 1.29 is 14.5 Å². The van der Waals surface area contributed by atoms with Crippen LogP contribution in [-0.4, -0.2) is 52.7 Å². The van der Waals surface area contributed by atoms with E-state index in [1.807, 2.05) is 0 Å². The van der Waals surface area contributed by atoms with E-state index in [-0.39, 0.29) is 22.2 Å². The molecule has 112 valence electrons. The number of hydrogen-bond donors (Lipinski definition) is 0. The highest BCUT2D eigenvalue weighted by atomic mass is 35.5. The van der Waals surface area contributed by atoms with Crippen molar-refractivity contribution in [3.63, 3.8) is 0 Å². The Balaban J connectivity index is 2.20. The number of halogens is 1. The quantitative estimate of drug-likeness (QED) is 0.613. The lowest BCUT2D eigenvalue weighted by Crippen LogP contribution is -2.50. The number of nitrogens with zero attached hydrogens (tertiary/aromatic N) is 3. The van der Waals surface area contributed by atoms with Crippen molar-refractivity contribution in [2.24, 2.45) is 0 Å². The number of nitro groups is 1. The second-order valence-corrected chi connectivity index (χ2v) is 5.10. The van der Waals surface area contributed by atoms with Crippen LogP contribution in [0.15, 0.2) is 18.2 Å². The van der Waals surface area contributed by atoms with Gasteiger partial charge >= 0.3 is 5.69 Å². The van der Waals surface area contributed by atoms with Crippen LogP contribution in [0.3, 0.4) is 0 Å². The van der Waals surface area contributed by atoms with E-state index in [9.17, 15) is 19.7 Å². The molecular formula is C13H14ClN3O4. The number of nitro benzene ring substituents is 1. The molecular weight excluding hydrogens is 298 g/mol. The summed E-state index contributed by atoms with van der Waals surface area (Å²) in [6, 6.07) is 4.28. The molecule has 7 nitrogen and oxygen atoms in total. The Bertz CT molecular complexity index is 597. The summed E-state index contributed by atoms with van der Waals surface area (Å²) in [6.45, 7) is 3.02. The first-order valence-corrected chi connectivity index (χ1v) is 6.77. The summed E-state index contributed by atoms with van der Waals surface area (Å²) in [5.41, 5.74) is -0.401. The van der Waals surface area contributed by atoms with Gasteiger partial charge in [-0.15, -0.1) is 0 Å². The highest BCUT2D eigenvalue weighted by molar-refractivity contribution is 6.33. The monoisotopic (exact) mass is 311 g/mol. The van der Waals surface area contributed by atoms with Crippen molar-refractivity contribution >= 4 is 29.1 Å². The van der Waals surface area contributed by atoms with Crippen molar-refractivity contribution in [3.8, 4) is 0 Å². The third kappa shape index (κ3) is 3.13. The minimum absolute atomic E-state index is 0.0243. The van der Waals surface area contributed by atoms with Crippen LogP contribution in [0.1, 0.15) is 17.3 Å². The van der Waals surface area contributed by atoms with Gasteiger partial charge in [-0.25, -0.2) is 0 Å². The van der Waals surface area contributed by atoms with Crippen molar-refractivity contribution in [2.75, 3.05) is 26.2 Å². The van der Waals surface area contributed by atoms with E-state index in [1.165, 1.54) is 30.0 Å². The maximum absolute atomic E-state index is 12.4. The van der Waals surface area contributed by atoms with Crippen LogP contribution in [0.5, 0.6) is 0 Å². The van der Waals surface area contributed by atoms with Gasteiger partial charge in [-0.05, 0) is 12.1 Å². The molecule has 2 rings (SSSR count). The Morgan fingerprint density at radius 2 is 1.76 bits per heavy atom. The number of amides is 2. The van der Waals surface area contributed by atoms with E-state index in [0.29, 0.717) is 26.2 Å². The van der Waals surface area contributed by atoms with Crippen LogP contribution < -0.4 is 0 Å². The van der Waals surface area contributed by atoms with Crippen LogP contribution in [0.2, 0.25) is 5.02 Å². The number of carbonyl (C=O) groups is 2. The summed E-state index contributed by atoms with van der Waals surface area (Å²) < 4.78 is 0. The topological polar surface area (TPSA) is 83.8 Å². The molecule has 0 aliphatic carbocycles. The fraction of sp³-hybridized carbons (Fsp3) is 0.385. The molecule has 1 aliphatic heterocycles. The summed E-state index contributed by atoms with van der Waals surface area (Å²) in [4.78, 5) is 37.2. The van der Waals surface area contributed by atoms with Gasteiger partial charge in [0, 0.05) is 33.1 Å². The zero-order chi connectivity index (χ0) is 15.6. The largest absolute Gasteiger partial charge is 0.339 e. The summed E-state index contributed by atoms with van der Waals surface area (Å²) in [5.74, 6) is -0.483. The van der Waals surface area contributed by atoms with Crippen molar-refractivity contribution in [3.05, 3.63) is 38.9 Å². The first-order valence-electron chi connectivity index (χ1n) is 6.39. The van der Waals surface area contributed by atoms with Crippen LogP contribution in [0, 0.1) is 10.1 Å². The Morgan fingerprint density at radius 3 is 2.29 bits per heavy atom. The predicted octanol–water partition coefficient (Wildman–Crippen LogP) is 1.55. The molecule has 1 saturated heterocycles. The van der Waals surface area contributed by atoms with Gasteiger partial charge in [0.15, 0.2) is 0 Å². The molecule has 21 heavy (non-hydrogen) atoms. The number of para-hydroxylation sites is 1. The zero-order valence-corrected chi connectivity index (χ0v) is 12.2. The minimum Gasteiger partial charge on any atom is -0.339 e. The molecule has 1 aromatic rings. The van der Waals surface area contributed by atoms with Crippen LogP contribution >= 0.6 is 11.6 Å². The molecule has 1 aliphatic rings. The number of rotatable bonds is 2. The fourth-order valence-corrected chi connectivity index (χ4v) is 2.51. The van der Waals surface area contributed by atoms with Gasteiger partial charge in [0.25, 0.3) is 5.91 Å². The van der Waals surface area contributed by atoms with Gasteiger partial charge < -0.3 is 9.80 Å². The van der Waals surface area contributed by atoms with E-state index in [2.05, 4.69) is 0 Å². The average molecular weight is 312 g/mol. The molecule has 0 spiro atoms. The Hall–Kier alpha value is -2.15. The normalized spacial score (nSPS) is 15.0. The second kappa shape index (κ2) is 6.09. The molecule has 8 heteroatoms. The lowest BCUT2D eigenvalue weighted by atomic mass is 10.1. The van der Waals surface area contributed by atoms with Crippen LogP contribution in [0.4, 0.5) is 5.69 Å². The van der Waals surface area contributed by atoms with Crippen molar-refractivity contribution in [1.29, 1.82) is 0 Å². The lowest BCUT2D eigenvalue weighted by molar-refractivity contribution is -0.385. The molecule has 0 aromatic heterocycles. The van der Waals surface area contributed by atoms with E-state index >= 15 is 0 Å². The van der Waals surface area contributed by atoms with Gasteiger partial charge in [-0.2, -0.15) is 0 Å². The standard InChI is InChI=1S/C13H14ClN3O4/c1-9(18)15-5-7-16(8-6-15)13(19)10-3-2-4-11(14)12(10)17(20)21/h2-4H,5-8H2,1H3. The SMILES string of the molecule is CC(=O)N1CCN(C(=O)c2cccc(Cl)c2[N+](=O)[O-])CC1. The van der Waals surface area contributed by atoms with Gasteiger partial charge in [-0.3, -0.25) is 19.7 Å². The Labute approximate surface area is 126 Å². The van der Waals surface area contributed by atoms with Crippen LogP contribution in [0.25, 0.3) is 0 Å². The van der Waals surface area contributed by atoms with Gasteiger partial charge in [-0.1, -0.05) is 17.7 Å². The lowest BCUT2D eigenvalue weighted by Gasteiger charge is -2.34. The molecule has 1 fully saturated rings. The number of benzene rings is 1. The molecule has 0 saturated carbocycles. The zero-order valence-electron chi connectivity index (χ0n) is 11.4. The highest BCUT2D eigenvalue weighted by Gasteiger charge is 2.29.